The van der Waals surface area contributed by atoms with Crippen LogP contribution < -0.4 is 14.8 Å². The first kappa shape index (κ1) is 23.8. The zero-order chi connectivity index (χ0) is 24.7. The summed E-state index contributed by atoms with van der Waals surface area (Å²) in [5.41, 5.74) is 2.20. The van der Waals surface area contributed by atoms with Crippen LogP contribution >= 0.6 is 0 Å². The van der Waals surface area contributed by atoms with E-state index in [-0.39, 0.29) is 42.4 Å². The van der Waals surface area contributed by atoms with Gasteiger partial charge in [0.05, 0.1) is 11.2 Å². The molecule has 1 aliphatic carbocycles. The quantitative estimate of drug-likeness (QED) is 0.376. The molecule has 1 saturated carbocycles. The van der Waals surface area contributed by atoms with Crippen LogP contribution in [0.1, 0.15) is 37.2 Å². The first-order valence-corrected chi connectivity index (χ1v) is 13.0. The van der Waals surface area contributed by atoms with E-state index in [1.165, 1.54) is 18.2 Å². The molecule has 4 N–H and O–H groups in total. The van der Waals surface area contributed by atoms with Crippen LogP contribution in [-0.4, -0.2) is 38.4 Å². The number of aromatic amines is 1. The third-order valence-corrected chi connectivity index (χ3v) is 7.90. The maximum absolute atomic E-state index is 14.5. The molecule has 2 aromatic carbocycles. The number of amides is 1. The normalized spacial score (nSPS) is 22.4. The molecule has 1 amide bonds. The van der Waals surface area contributed by atoms with E-state index < -0.39 is 27.7 Å². The number of aromatic nitrogens is 1. The third kappa shape index (κ3) is 5.07. The minimum absolute atomic E-state index is 0.0406. The summed E-state index contributed by atoms with van der Waals surface area (Å²) in [6.07, 6.45) is 2.24. The number of halogens is 3. The molecule has 1 atom stereocenters. The van der Waals surface area contributed by atoms with Crippen molar-refractivity contribution in [2.45, 2.75) is 37.6 Å². The second-order valence-corrected chi connectivity index (χ2v) is 10.9. The first-order valence-electron chi connectivity index (χ1n) is 11.5. The predicted octanol–water partition coefficient (Wildman–Crippen LogP) is 3.45. The molecular weight excluding hydrogens is 481 g/mol. The molecule has 35 heavy (non-hydrogen) atoms. The Morgan fingerprint density at radius 1 is 0.971 bits per heavy atom. The van der Waals surface area contributed by atoms with Crippen molar-refractivity contribution in [3.8, 4) is 11.3 Å². The molecule has 1 saturated heterocycles. The minimum Gasteiger partial charge on any atom is -0.352 e. The number of carbonyl (C=O) groups is 1. The van der Waals surface area contributed by atoms with Crippen LogP contribution in [0.25, 0.3) is 22.2 Å². The fraction of sp³-hybridized carbons (Fsp3) is 0.375. The number of rotatable bonds is 8. The largest absolute Gasteiger partial charge is 0.352 e. The molecule has 2 aliphatic rings. The Balaban J connectivity index is 1.28. The summed E-state index contributed by atoms with van der Waals surface area (Å²) in [5.74, 6) is -1.87. The first-order chi connectivity index (χ1) is 16.7. The lowest BCUT2D eigenvalue weighted by molar-refractivity contribution is -0.119. The van der Waals surface area contributed by atoms with Crippen molar-refractivity contribution in [3.63, 3.8) is 0 Å². The molecule has 2 heterocycles. The van der Waals surface area contributed by atoms with Crippen LogP contribution in [0.4, 0.5) is 13.2 Å². The summed E-state index contributed by atoms with van der Waals surface area (Å²) in [7, 11) is -3.72. The molecule has 5 rings (SSSR count). The Morgan fingerprint density at radius 3 is 2.37 bits per heavy atom. The van der Waals surface area contributed by atoms with Gasteiger partial charge in [-0.1, -0.05) is 0 Å². The molecule has 7 nitrogen and oxygen atoms in total. The zero-order valence-electron chi connectivity index (χ0n) is 18.7. The maximum atomic E-state index is 14.5. The Labute approximate surface area is 200 Å². The smallest absolute Gasteiger partial charge is 0.276 e. The topological polar surface area (TPSA) is 103 Å². The van der Waals surface area contributed by atoms with Gasteiger partial charge in [-0.3, -0.25) is 4.79 Å². The molecule has 1 aliphatic heterocycles. The van der Waals surface area contributed by atoms with Crippen molar-refractivity contribution in [3.05, 3.63) is 59.4 Å². The highest BCUT2D eigenvalue weighted by Crippen LogP contribution is 2.48. The molecule has 11 heteroatoms. The number of carbonyl (C=O) groups excluding carboxylic acids is 1. The number of fused-ring (bicyclic) bond motifs is 1. The SMILES string of the molecule is O=C1CCC(CNS(=O)(=O)NC[C@H]2C[C@H](c3c(-c4ccc(F)cc4)[nH]c4c(F)cc(F)cc43)C2)N1. The molecule has 2 fully saturated rings. The highest BCUT2D eigenvalue weighted by molar-refractivity contribution is 7.87. The summed E-state index contributed by atoms with van der Waals surface area (Å²) in [5, 5.41) is 3.14. The fourth-order valence-corrected chi connectivity index (χ4v) is 5.94. The van der Waals surface area contributed by atoms with E-state index in [1.54, 1.807) is 12.1 Å². The zero-order valence-corrected chi connectivity index (χ0v) is 19.5. The monoisotopic (exact) mass is 506 g/mol. The third-order valence-electron chi connectivity index (χ3n) is 6.81. The molecule has 0 spiro atoms. The average molecular weight is 507 g/mol. The lowest BCUT2D eigenvalue weighted by Gasteiger charge is -2.36. The highest BCUT2D eigenvalue weighted by atomic mass is 32.2. The average Bonchev–Trinajstić information content (AvgIpc) is 3.36. The van der Waals surface area contributed by atoms with Crippen LogP contribution in [0.3, 0.4) is 0 Å². The van der Waals surface area contributed by atoms with Gasteiger partial charge in [0, 0.05) is 37.0 Å². The van der Waals surface area contributed by atoms with E-state index in [0.29, 0.717) is 42.3 Å². The summed E-state index contributed by atoms with van der Waals surface area (Å²) in [4.78, 5) is 14.3. The van der Waals surface area contributed by atoms with Gasteiger partial charge in [-0.15, -0.1) is 0 Å². The molecule has 1 unspecified atom stereocenters. The fourth-order valence-electron chi connectivity index (χ4n) is 4.97. The van der Waals surface area contributed by atoms with Gasteiger partial charge >= 0.3 is 0 Å². The maximum Gasteiger partial charge on any atom is 0.276 e. The van der Waals surface area contributed by atoms with Crippen LogP contribution in [-0.2, 0) is 15.0 Å². The molecule has 186 valence electrons. The molecule has 0 radical (unpaired) electrons. The predicted molar refractivity (Wildman–Crippen MR) is 125 cm³/mol. The van der Waals surface area contributed by atoms with E-state index in [0.717, 1.165) is 11.6 Å². The van der Waals surface area contributed by atoms with Gasteiger partial charge in [-0.05, 0) is 72.6 Å². The van der Waals surface area contributed by atoms with E-state index in [2.05, 4.69) is 19.7 Å². The molecule has 0 bridgehead atoms. The van der Waals surface area contributed by atoms with Gasteiger partial charge in [-0.25, -0.2) is 22.6 Å². The summed E-state index contributed by atoms with van der Waals surface area (Å²) >= 11 is 0. The summed E-state index contributed by atoms with van der Waals surface area (Å²) < 4.78 is 71.6. The minimum atomic E-state index is -3.72. The van der Waals surface area contributed by atoms with Gasteiger partial charge in [0.25, 0.3) is 10.2 Å². The number of benzene rings is 2. The summed E-state index contributed by atoms with van der Waals surface area (Å²) in [6, 6.07) is 7.69. The Kier molecular flexibility index (Phi) is 6.32. The van der Waals surface area contributed by atoms with Crippen molar-refractivity contribution in [2.24, 2.45) is 5.92 Å². The number of hydrogen-bond donors (Lipinski definition) is 4. The lowest BCUT2D eigenvalue weighted by Crippen LogP contribution is -2.45. The van der Waals surface area contributed by atoms with Crippen molar-refractivity contribution in [2.75, 3.05) is 13.1 Å². The van der Waals surface area contributed by atoms with Crippen molar-refractivity contribution < 1.29 is 26.4 Å². The van der Waals surface area contributed by atoms with Crippen LogP contribution in [0, 0.1) is 23.4 Å². The van der Waals surface area contributed by atoms with Gasteiger partial charge in [0.2, 0.25) is 5.91 Å². The highest BCUT2D eigenvalue weighted by Gasteiger charge is 2.35. The number of nitrogens with one attached hydrogen (secondary N) is 4. The Bertz CT molecular complexity index is 1370. The van der Waals surface area contributed by atoms with Crippen molar-refractivity contribution >= 4 is 27.0 Å². The van der Waals surface area contributed by atoms with Crippen molar-refractivity contribution in [1.82, 2.24) is 19.7 Å². The summed E-state index contributed by atoms with van der Waals surface area (Å²) in [6.45, 7) is 0.349. The lowest BCUT2D eigenvalue weighted by atomic mass is 9.70. The van der Waals surface area contributed by atoms with Crippen LogP contribution in [0.2, 0.25) is 0 Å². The number of hydrogen-bond acceptors (Lipinski definition) is 3. The number of H-pyrrole nitrogens is 1. The van der Waals surface area contributed by atoms with Crippen molar-refractivity contribution in [1.29, 1.82) is 0 Å². The van der Waals surface area contributed by atoms with Crippen LogP contribution in [0.5, 0.6) is 0 Å². The van der Waals surface area contributed by atoms with E-state index in [4.69, 9.17) is 0 Å². The second kappa shape index (κ2) is 9.29. The molecule has 1 aromatic heterocycles. The van der Waals surface area contributed by atoms with Gasteiger partial charge in [0.1, 0.15) is 17.5 Å². The van der Waals surface area contributed by atoms with Gasteiger partial charge < -0.3 is 10.3 Å². The molecular formula is C24H25F3N4O3S. The second-order valence-electron chi connectivity index (χ2n) is 9.27. The van der Waals surface area contributed by atoms with E-state index in [9.17, 15) is 26.4 Å². The Hall–Kier alpha value is -2.89. The van der Waals surface area contributed by atoms with Crippen LogP contribution in [0.15, 0.2) is 36.4 Å². The van der Waals surface area contributed by atoms with E-state index >= 15 is 0 Å². The van der Waals surface area contributed by atoms with E-state index in [1.807, 2.05) is 0 Å². The Morgan fingerprint density at radius 2 is 1.69 bits per heavy atom. The molecule has 3 aromatic rings. The standard InChI is InChI=1S/C24H25F3N4O3S/c25-16-3-1-14(2-4-16)23-22(19-9-17(26)10-20(27)24(19)31-23)15-7-13(8-15)11-28-35(33,34)29-12-18-5-6-21(32)30-18/h1-4,9-10,13,15,18,28-29,31H,5-8,11-12H2,(H,30,32)/t13-,15-,18?. The van der Waals surface area contributed by atoms with Gasteiger partial charge in [0.15, 0.2) is 0 Å². The van der Waals surface area contributed by atoms with Gasteiger partial charge in [-0.2, -0.15) is 8.42 Å².